The fourth-order valence-corrected chi connectivity index (χ4v) is 3.96. The first kappa shape index (κ1) is 22.5. The molecular formula is C18H36IN5O. The molecule has 1 amide bonds. The molecule has 0 radical (unpaired) electrons. The third-order valence-corrected chi connectivity index (χ3v) is 5.64. The number of nitrogens with zero attached hydrogens (tertiary/aromatic N) is 2. The van der Waals surface area contributed by atoms with Crippen LogP contribution in [0, 0.1) is 5.41 Å². The van der Waals surface area contributed by atoms with Crippen molar-refractivity contribution in [3.63, 3.8) is 0 Å². The Hall–Kier alpha value is -0.570. The summed E-state index contributed by atoms with van der Waals surface area (Å²) in [6.45, 7) is 8.43. The van der Waals surface area contributed by atoms with Gasteiger partial charge in [0.1, 0.15) is 0 Å². The van der Waals surface area contributed by atoms with Gasteiger partial charge in [-0.3, -0.25) is 14.7 Å². The number of hydrogen-bond donors (Lipinski definition) is 3. The van der Waals surface area contributed by atoms with Crippen molar-refractivity contribution in [1.29, 1.82) is 0 Å². The molecule has 1 aliphatic heterocycles. The van der Waals surface area contributed by atoms with E-state index in [1.165, 1.54) is 32.1 Å². The molecule has 4 N–H and O–H groups in total. The monoisotopic (exact) mass is 465 g/mol. The van der Waals surface area contributed by atoms with Crippen molar-refractivity contribution in [3.05, 3.63) is 0 Å². The number of amides is 1. The van der Waals surface area contributed by atoms with E-state index >= 15 is 0 Å². The van der Waals surface area contributed by atoms with Gasteiger partial charge in [0.15, 0.2) is 5.96 Å². The van der Waals surface area contributed by atoms with Crippen LogP contribution in [0.4, 0.5) is 0 Å². The summed E-state index contributed by atoms with van der Waals surface area (Å²) in [7, 11) is 0. The molecule has 0 aromatic heterocycles. The van der Waals surface area contributed by atoms with Gasteiger partial charge in [0.25, 0.3) is 0 Å². The molecule has 7 heteroatoms. The molecule has 1 aliphatic carbocycles. The third-order valence-electron chi connectivity index (χ3n) is 5.64. The molecule has 0 aromatic rings. The molecule has 0 atom stereocenters. The fourth-order valence-electron chi connectivity index (χ4n) is 3.96. The number of carbonyl (C=O) groups excluding carboxylic acids is 1. The number of halogens is 1. The molecule has 146 valence electrons. The lowest BCUT2D eigenvalue weighted by Crippen LogP contribution is -2.50. The number of likely N-dealkylation sites (tertiary alicyclic amines) is 1. The van der Waals surface area contributed by atoms with Crippen LogP contribution in [0.5, 0.6) is 0 Å². The summed E-state index contributed by atoms with van der Waals surface area (Å²) in [6.07, 6.45) is 8.61. The predicted octanol–water partition coefficient (Wildman–Crippen LogP) is 2.08. The number of piperidine rings is 1. The van der Waals surface area contributed by atoms with Gasteiger partial charge in [0, 0.05) is 32.2 Å². The Balaban J connectivity index is 0.00000312. The van der Waals surface area contributed by atoms with E-state index in [1.54, 1.807) is 0 Å². The molecule has 2 fully saturated rings. The second-order valence-corrected chi connectivity index (χ2v) is 7.42. The van der Waals surface area contributed by atoms with Gasteiger partial charge >= 0.3 is 0 Å². The minimum absolute atomic E-state index is 0. The number of carbonyl (C=O) groups is 1. The average molecular weight is 465 g/mol. The minimum Gasteiger partial charge on any atom is -0.369 e. The Labute approximate surface area is 169 Å². The van der Waals surface area contributed by atoms with Crippen LogP contribution >= 0.6 is 24.0 Å². The summed E-state index contributed by atoms with van der Waals surface area (Å²) < 4.78 is 0. The number of nitrogens with one attached hydrogen (secondary N) is 2. The second kappa shape index (κ2) is 11.2. The summed E-state index contributed by atoms with van der Waals surface area (Å²) in [4.78, 5) is 18.1. The zero-order valence-corrected chi connectivity index (χ0v) is 18.2. The van der Waals surface area contributed by atoms with Crippen molar-refractivity contribution in [2.45, 2.75) is 64.8 Å². The lowest BCUT2D eigenvalue weighted by atomic mass is 9.84. The van der Waals surface area contributed by atoms with Crippen LogP contribution in [0.15, 0.2) is 4.99 Å². The second-order valence-electron chi connectivity index (χ2n) is 7.42. The standard InChI is InChI=1S/C18H35N5O.HI/c1-3-18(9-5-6-10-18)14-21-17(20-4-2)22-15-7-11-23(12-8-15)13-16(19)24;/h15H,3-14H2,1-2H3,(H2,19,24)(H2,20,21,22);1H. The van der Waals surface area contributed by atoms with Crippen LogP contribution in [-0.4, -0.2) is 55.5 Å². The molecule has 0 spiro atoms. The third kappa shape index (κ3) is 7.29. The molecule has 0 bridgehead atoms. The number of primary amides is 1. The number of guanidine groups is 1. The van der Waals surface area contributed by atoms with Gasteiger partial charge in [-0.05, 0) is 44.4 Å². The summed E-state index contributed by atoms with van der Waals surface area (Å²) in [6, 6.07) is 0.424. The minimum atomic E-state index is -0.238. The van der Waals surface area contributed by atoms with E-state index in [0.29, 0.717) is 18.0 Å². The Morgan fingerprint density at radius 2 is 1.88 bits per heavy atom. The molecule has 2 aliphatic rings. The predicted molar refractivity (Wildman–Crippen MR) is 114 cm³/mol. The highest BCUT2D eigenvalue weighted by Gasteiger charge is 2.31. The van der Waals surface area contributed by atoms with E-state index in [1.807, 2.05) is 0 Å². The van der Waals surface area contributed by atoms with Crippen LogP contribution in [0.3, 0.4) is 0 Å². The van der Waals surface area contributed by atoms with Crippen molar-refractivity contribution in [3.8, 4) is 0 Å². The van der Waals surface area contributed by atoms with Crippen molar-refractivity contribution < 1.29 is 4.79 Å². The Morgan fingerprint density at radius 3 is 2.40 bits per heavy atom. The Morgan fingerprint density at radius 1 is 1.24 bits per heavy atom. The van der Waals surface area contributed by atoms with Crippen LogP contribution in [-0.2, 0) is 4.79 Å². The Bertz CT molecular complexity index is 429. The van der Waals surface area contributed by atoms with Crippen LogP contribution < -0.4 is 16.4 Å². The van der Waals surface area contributed by atoms with E-state index in [-0.39, 0.29) is 29.9 Å². The molecule has 1 saturated heterocycles. The van der Waals surface area contributed by atoms with Crippen molar-refractivity contribution >= 4 is 35.8 Å². The maximum absolute atomic E-state index is 11.0. The first-order valence-electron chi connectivity index (χ1n) is 9.62. The molecule has 0 unspecified atom stereocenters. The van der Waals surface area contributed by atoms with E-state index < -0.39 is 0 Å². The van der Waals surface area contributed by atoms with E-state index in [9.17, 15) is 4.79 Å². The fraction of sp³-hybridized carbons (Fsp3) is 0.889. The van der Waals surface area contributed by atoms with E-state index in [4.69, 9.17) is 10.7 Å². The first-order valence-corrected chi connectivity index (χ1v) is 9.62. The zero-order chi connectivity index (χ0) is 17.4. The van der Waals surface area contributed by atoms with E-state index in [2.05, 4.69) is 29.4 Å². The lowest BCUT2D eigenvalue weighted by Gasteiger charge is -2.32. The van der Waals surface area contributed by atoms with Crippen molar-refractivity contribution in [2.24, 2.45) is 16.1 Å². The SMILES string of the molecule is CCNC(=NCC1(CC)CCCC1)NC1CCN(CC(N)=O)CC1.I. The summed E-state index contributed by atoms with van der Waals surface area (Å²) in [5.41, 5.74) is 5.70. The lowest BCUT2D eigenvalue weighted by molar-refractivity contribution is -0.119. The van der Waals surface area contributed by atoms with Gasteiger partial charge in [-0.15, -0.1) is 24.0 Å². The van der Waals surface area contributed by atoms with Gasteiger partial charge in [-0.1, -0.05) is 19.8 Å². The maximum Gasteiger partial charge on any atom is 0.231 e. The summed E-state index contributed by atoms with van der Waals surface area (Å²) >= 11 is 0. The average Bonchev–Trinajstić information content (AvgIpc) is 3.04. The summed E-state index contributed by atoms with van der Waals surface area (Å²) in [5, 5.41) is 6.98. The smallest absolute Gasteiger partial charge is 0.231 e. The van der Waals surface area contributed by atoms with Gasteiger partial charge in [0.2, 0.25) is 5.91 Å². The molecule has 2 rings (SSSR count). The van der Waals surface area contributed by atoms with Gasteiger partial charge in [0.05, 0.1) is 6.54 Å². The normalized spacial score (nSPS) is 21.6. The molecule has 25 heavy (non-hydrogen) atoms. The molecule has 6 nitrogen and oxygen atoms in total. The van der Waals surface area contributed by atoms with Crippen LogP contribution in [0.2, 0.25) is 0 Å². The summed E-state index contributed by atoms with van der Waals surface area (Å²) in [5.74, 6) is 0.711. The number of rotatable bonds is 7. The highest BCUT2D eigenvalue weighted by Crippen LogP contribution is 2.41. The first-order chi connectivity index (χ1) is 11.6. The molecular weight excluding hydrogens is 429 g/mol. The maximum atomic E-state index is 11.0. The largest absolute Gasteiger partial charge is 0.369 e. The molecule has 1 saturated carbocycles. The van der Waals surface area contributed by atoms with Crippen molar-refractivity contribution in [1.82, 2.24) is 15.5 Å². The van der Waals surface area contributed by atoms with Crippen LogP contribution in [0.25, 0.3) is 0 Å². The van der Waals surface area contributed by atoms with Crippen LogP contribution in [0.1, 0.15) is 58.8 Å². The highest BCUT2D eigenvalue weighted by molar-refractivity contribution is 14.0. The highest BCUT2D eigenvalue weighted by atomic mass is 127. The Kier molecular flexibility index (Phi) is 10.1. The molecule has 1 heterocycles. The topological polar surface area (TPSA) is 82.8 Å². The number of hydrogen-bond acceptors (Lipinski definition) is 3. The molecule has 0 aromatic carbocycles. The van der Waals surface area contributed by atoms with Gasteiger partial charge in [-0.25, -0.2) is 0 Å². The van der Waals surface area contributed by atoms with Gasteiger partial charge in [-0.2, -0.15) is 0 Å². The number of nitrogens with two attached hydrogens (primary N) is 1. The number of aliphatic imine (C=N–C) groups is 1. The quantitative estimate of drug-likeness (QED) is 0.306. The van der Waals surface area contributed by atoms with Crippen molar-refractivity contribution in [2.75, 3.05) is 32.7 Å². The van der Waals surface area contributed by atoms with E-state index in [0.717, 1.165) is 45.0 Å². The van der Waals surface area contributed by atoms with Gasteiger partial charge < -0.3 is 16.4 Å². The zero-order valence-electron chi connectivity index (χ0n) is 15.9.